The van der Waals surface area contributed by atoms with Crippen molar-refractivity contribution in [2.75, 3.05) is 13.7 Å². The second-order valence-corrected chi connectivity index (χ2v) is 5.25. The Kier molecular flexibility index (Phi) is 5.59. The van der Waals surface area contributed by atoms with Crippen LogP contribution in [0.2, 0.25) is 0 Å². The number of aliphatic carboxylic acids is 1. The summed E-state index contributed by atoms with van der Waals surface area (Å²) in [7, 11) is 1.43. The number of nitrogens with one attached hydrogen (secondary N) is 1. The van der Waals surface area contributed by atoms with Crippen molar-refractivity contribution in [2.45, 2.75) is 51.0 Å². The minimum Gasteiger partial charge on any atom is -0.479 e. The highest BCUT2D eigenvalue weighted by Gasteiger charge is 2.36. The third-order valence-electron chi connectivity index (χ3n) is 3.53. The Morgan fingerprint density at radius 1 is 1.28 bits per heavy atom. The summed E-state index contributed by atoms with van der Waals surface area (Å²) in [6, 6.07) is 0. The van der Waals surface area contributed by atoms with Gasteiger partial charge in [-0.1, -0.05) is 25.7 Å². The van der Waals surface area contributed by atoms with Gasteiger partial charge in [-0.3, -0.25) is 4.79 Å². The highest BCUT2D eigenvalue weighted by molar-refractivity contribution is 5.87. The minimum atomic E-state index is -1.34. The summed E-state index contributed by atoms with van der Waals surface area (Å²) in [5.74, 6) is -1.27. The molecule has 1 fully saturated rings. The molecule has 1 saturated carbocycles. The molecular formula is C13H23NO4. The normalized spacial score (nSPS) is 20.8. The number of carbonyl (C=O) groups is 2. The van der Waals surface area contributed by atoms with Gasteiger partial charge in [0.15, 0.2) is 5.54 Å². The van der Waals surface area contributed by atoms with Crippen LogP contribution < -0.4 is 5.32 Å². The summed E-state index contributed by atoms with van der Waals surface area (Å²) in [4.78, 5) is 23.3. The van der Waals surface area contributed by atoms with Gasteiger partial charge >= 0.3 is 5.97 Å². The zero-order valence-electron chi connectivity index (χ0n) is 11.2. The second-order valence-electron chi connectivity index (χ2n) is 5.25. The lowest BCUT2D eigenvalue weighted by Gasteiger charge is -2.27. The van der Waals surface area contributed by atoms with Gasteiger partial charge in [0.25, 0.3) is 0 Å². The summed E-state index contributed by atoms with van der Waals surface area (Å²) in [5, 5.41) is 11.8. The topological polar surface area (TPSA) is 75.6 Å². The van der Waals surface area contributed by atoms with Crippen LogP contribution in [0.3, 0.4) is 0 Å². The zero-order valence-corrected chi connectivity index (χ0v) is 11.2. The molecular weight excluding hydrogens is 234 g/mol. The quantitative estimate of drug-likeness (QED) is 0.733. The standard InChI is InChI=1S/C13H23NO4/c1-13(9-18-2,12(16)17)14-11(15)10-7-5-3-4-6-8-10/h10H,3-9H2,1-2H3,(H,14,15)(H,16,17). The van der Waals surface area contributed by atoms with Crippen LogP contribution in [0.5, 0.6) is 0 Å². The molecule has 0 bridgehead atoms. The fourth-order valence-electron chi connectivity index (χ4n) is 2.36. The van der Waals surface area contributed by atoms with Gasteiger partial charge in [-0.25, -0.2) is 4.79 Å². The Hall–Kier alpha value is -1.10. The van der Waals surface area contributed by atoms with Crippen molar-refractivity contribution in [2.24, 2.45) is 5.92 Å². The van der Waals surface area contributed by atoms with Crippen molar-refractivity contribution in [3.8, 4) is 0 Å². The average molecular weight is 257 g/mol. The molecule has 0 aromatic carbocycles. The number of methoxy groups -OCH3 is 1. The first-order valence-electron chi connectivity index (χ1n) is 6.54. The fourth-order valence-corrected chi connectivity index (χ4v) is 2.36. The van der Waals surface area contributed by atoms with E-state index in [1.807, 2.05) is 0 Å². The lowest BCUT2D eigenvalue weighted by atomic mass is 9.96. The summed E-state index contributed by atoms with van der Waals surface area (Å²) >= 11 is 0. The molecule has 5 nitrogen and oxygen atoms in total. The second kappa shape index (κ2) is 6.73. The van der Waals surface area contributed by atoms with Crippen molar-refractivity contribution >= 4 is 11.9 Å². The van der Waals surface area contributed by atoms with Crippen molar-refractivity contribution in [3.05, 3.63) is 0 Å². The largest absolute Gasteiger partial charge is 0.479 e. The van der Waals surface area contributed by atoms with E-state index in [-0.39, 0.29) is 18.4 Å². The Balaban J connectivity index is 2.62. The first kappa shape index (κ1) is 15.0. The average Bonchev–Trinajstić information content (AvgIpc) is 2.57. The van der Waals surface area contributed by atoms with Crippen molar-refractivity contribution in [1.29, 1.82) is 0 Å². The van der Waals surface area contributed by atoms with Crippen LogP contribution in [0.1, 0.15) is 45.4 Å². The molecule has 1 amide bonds. The predicted octanol–water partition coefficient (Wildman–Crippen LogP) is 1.56. The molecule has 0 saturated heterocycles. The van der Waals surface area contributed by atoms with Crippen LogP contribution >= 0.6 is 0 Å². The molecule has 104 valence electrons. The molecule has 1 rings (SSSR count). The molecule has 1 aliphatic carbocycles. The molecule has 0 aromatic heterocycles. The molecule has 1 atom stereocenters. The summed E-state index contributed by atoms with van der Waals surface area (Å²) < 4.78 is 4.89. The molecule has 0 aromatic rings. The van der Waals surface area contributed by atoms with E-state index in [4.69, 9.17) is 4.74 Å². The Morgan fingerprint density at radius 3 is 2.28 bits per heavy atom. The van der Waals surface area contributed by atoms with E-state index in [9.17, 15) is 14.7 Å². The van der Waals surface area contributed by atoms with Crippen molar-refractivity contribution in [3.63, 3.8) is 0 Å². The Labute approximate surface area is 108 Å². The SMILES string of the molecule is COCC(C)(NC(=O)C1CCCCCC1)C(=O)O. The van der Waals surface area contributed by atoms with Crippen LogP contribution in [0, 0.1) is 5.92 Å². The van der Waals surface area contributed by atoms with E-state index in [2.05, 4.69) is 5.32 Å². The van der Waals surface area contributed by atoms with E-state index in [0.717, 1.165) is 38.5 Å². The lowest BCUT2D eigenvalue weighted by Crippen LogP contribution is -2.56. The number of carboxylic acid groups (broad SMARTS) is 1. The molecule has 1 unspecified atom stereocenters. The van der Waals surface area contributed by atoms with Gasteiger partial charge in [-0.05, 0) is 19.8 Å². The third kappa shape index (κ3) is 3.98. The van der Waals surface area contributed by atoms with Gasteiger partial charge in [0.1, 0.15) is 0 Å². The zero-order chi connectivity index (χ0) is 13.6. The van der Waals surface area contributed by atoms with Gasteiger partial charge in [-0.2, -0.15) is 0 Å². The number of amides is 1. The van der Waals surface area contributed by atoms with Crippen LogP contribution in [0.25, 0.3) is 0 Å². The van der Waals surface area contributed by atoms with E-state index < -0.39 is 11.5 Å². The predicted molar refractivity (Wildman–Crippen MR) is 67.3 cm³/mol. The molecule has 5 heteroatoms. The van der Waals surface area contributed by atoms with Gasteiger partial charge in [0, 0.05) is 13.0 Å². The maximum absolute atomic E-state index is 12.1. The number of ether oxygens (including phenoxy) is 1. The molecule has 2 N–H and O–H groups in total. The fraction of sp³-hybridized carbons (Fsp3) is 0.846. The smallest absolute Gasteiger partial charge is 0.331 e. The van der Waals surface area contributed by atoms with Crippen LogP contribution in [0.4, 0.5) is 0 Å². The van der Waals surface area contributed by atoms with Crippen LogP contribution in [-0.4, -0.2) is 36.2 Å². The Morgan fingerprint density at radius 2 is 1.83 bits per heavy atom. The minimum absolute atomic E-state index is 0.0270. The lowest BCUT2D eigenvalue weighted by molar-refractivity contribution is -0.150. The number of carboxylic acids is 1. The number of rotatable bonds is 5. The molecule has 18 heavy (non-hydrogen) atoms. The van der Waals surface area contributed by atoms with Gasteiger partial charge in [-0.15, -0.1) is 0 Å². The van der Waals surface area contributed by atoms with Gasteiger partial charge < -0.3 is 15.2 Å². The maximum Gasteiger partial charge on any atom is 0.331 e. The Bertz CT molecular complexity index is 297. The van der Waals surface area contributed by atoms with E-state index in [1.54, 1.807) is 0 Å². The number of hydrogen-bond donors (Lipinski definition) is 2. The van der Waals surface area contributed by atoms with E-state index >= 15 is 0 Å². The molecule has 1 aliphatic rings. The maximum atomic E-state index is 12.1. The highest BCUT2D eigenvalue weighted by Crippen LogP contribution is 2.23. The van der Waals surface area contributed by atoms with Crippen LogP contribution in [-0.2, 0) is 14.3 Å². The van der Waals surface area contributed by atoms with Crippen LogP contribution in [0.15, 0.2) is 0 Å². The summed E-state index contributed by atoms with van der Waals surface area (Å²) in [5.41, 5.74) is -1.34. The summed E-state index contributed by atoms with van der Waals surface area (Å²) in [6.07, 6.45) is 6.14. The van der Waals surface area contributed by atoms with E-state index in [0.29, 0.717) is 0 Å². The third-order valence-corrected chi connectivity index (χ3v) is 3.53. The first-order chi connectivity index (χ1) is 8.49. The molecule has 0 aliphatic heterocycles. The van der Waals surface area contributed by atoms with Crippen molar-refractivity contribution in [1.82, 2.24) is 5.32 Å². The van der Waals surface area contributed by atoms with Gasteiger partial charge in [0.05, 0.1) is 6.61 Å². The summed E-state index contributed by atoms with van der Waals surface area (Å²) in [6.45, 7) is 1.45. The number of carbonyl (C=O) groups excluding carboxylic acids is 1. The monoisotopic (exact) mass is 257 g/mol. The molecule has 0 radical (unpaired) electrons. The highest BCUT2D eigenvalue weighted by atomic mass is 16.5. The number of hydrogen-bond acceptors (Lipinski definition) is 3. The van der Waals surface area contributed by atoms with E-state index in [1.165, 1.54) is 14.0 Å². The molecule has 0 spiro atoms. The first-order valence-corrected chi connectivity index (χ1v) is 6.54. The van der Waals surface area contributed by atoms with Gasteiger partial charge in [0.2, 0.25) is 5.91 Å². The van der Waals surface area contributed by atoms with Crippen molar-refractivity contribution < 1.29 is 19.4 Å². The molecule has 0 heterocycles.